The Morgan fingerprint density at radius 1 is 1.33 bits per heavy atom. The van der Waals surface area contributed by atoms with Crippen molar-refractivity contribution >= 4 is 15.9 Å². The van der Waals surface area contributed by atoms with Crippen molar-refractivity contribution in [2.75, 3.05) is 19.3 Å². The van der Waals surface area contributed by atoms with Crippen molar-refractivity contribution in [2.24, 2.45) is 0 Å². The first-order valence-corrected chi connectivity index (χ1v) is 9.50. The smallest absolute Gasteiger partial charge is 0.238 e. The summed E-state index contributed by atoms with van der Waals surface area (Å²) in [5.41, 5.74) is 0.601. The molecule has 1 heterocycles. The lowest BCUT2D eigenvalue weighted by Crippen LogP contribution is -2.54. The first-order valence-electron chi connectivity index (χ1n) is 7.60. The summed E-state index contributed by atoms with van der Waals surface area (Å²) in [6.07, 6.45) is 1.62. The molecule has 1 fully saturated rings. The molecule has 0 aromatic heterocycles. The van der Waals surface area contributed by atoms with Gasteiger partial charge in [0.2, 0.25) is 15.9 Å². The van der Waals surface area contributed by atoms with Crippen molar-refractivity contribution in [3.05, 3.63) is 35.4 Å². The van der Waals surface area contributed by atoms with E-state index in [1.807, 2.05) is 0 Å². The molecule has 1 saturated heterocycles. The van der Waals surface area contributed by atoms with E-state index in [-0.39, 0.29) is 12.0 Å². The Kier molecular flexibility index (Phi) is 5.89. The molecule has 1 aromatic rings. The summed E-state index contributed by atoms with van der Waals surface area (Å²) in [5.74, 6) is -2.50. The number of amides is 1. The van der Waals surface area contributed by atoms with Gasteiger partial charge in [-0.2, -0.15) is 0 Å². The lowest BCUT2D eigenvalue weighted by atomic mass is 9.86. The zero-order valence-corrected chi connectivity index (χ0v) is 14.3. The van der Waals surface area contributed by atoms with Gasteiger partial charge >= 0.3 is 0 Å². The van der Waals surface area contributed by atoms with Crippen molar-refractivity contribution < 1.29 is 22.0 Å². The van der Waals surface area contributed by atoms with Crippen LogP contribution in [-0.2, 0) is 14.8 Å². The van der Waals surface area contributed by atoms with Gasteiger partial charge in [0.25, 0.3) is 0 Å². The van der Waals surface area contributed by atoms with Crippen LogP contribution >= 0.6 is 0 Å². The summed E-state index contributed by atoms with van der Waals surface area (Å²) in [6, 6.07) is 2.45. The molecule has 0 aliphatic carbocycles. The molecule has 24 heavy (non-hydrogen) atoms. The van der Waals surface area contributed by atoms with Crippen molar-refractivity contribution in [3.63, 3.8) is 0 Å². The molecular weight excluding hydrogens is 340 g/mol. The molecular formula is C15H21F2N3O3S. The number of benzene rings is 1. The molecule has 3 unspecified atom stereocenters. The van der Waals surface area contributed by atoms with Crippen LogP contribution in [0.25, 0.3) is 0 Å². The quantitative estimate of drug-likeness (QED) is 0.711. The second kappa shape index (κ2) is 7.54. The average Bonchev–Trinajstić information content (AvgIpc) is 2.49. The third-order valence-electron chi connectivity index (χ3n) is 3.97. The Bertz CT molecular complexity index is 712. The second-order valence-electron chi connectivity index (χ2n) is 6.00. The summed E-state index contributed by atoms with van der Waals surface area (Å²) >= 11 is 0. The Morgan fingerprint density at radius 3 is 2.67 bits per heavy atom. The number of piperidine rings is 1. The highest BCUT2D eigenvalue weighted by molar-refractivity contribution is 7.88. The number of carbonyl (C=O) groups excluding carboxylic acids is 1. The number of hydrogen-bond acceptors (Lipinski definition) is 4. The molecule has 1 aliphatic rings. The van der Waals surface area contributed by atoms with Gasteiger partial charge < -0.3 is 10.6 Å². The molecule has 6 nitrogen and oxygen atoms in total. The van der Waals surface area contributed by atoms with Gasteiger partial charge in [-0.05, 0) is 37.6 Å². The first-order chi connectivity index (χ1) is 11.2. The Balaban J connectivity index is 2.11. The third kappa shape index (κ3) is 4.96. The Labute approximate surface area is 140 Å². The fraction of sp³-hybridized carbons (Fsp3) is 0.533. The number of nitrogens with one attached hydrogen (secondary N) is 3. The predicted molar refractivity (Wildman–Crippen MR) is 86.0 cm³/mol. The van der Waals surface area contributed by atoms with Crippen LogP contribution in [0.1, 0.15) is 24.8 Å². The fourth-order valence-electron chi connectivity index (χ4n) is 2.83. The highest BCUT2D eigenvalue weighted by Crippen LogP contribution is 2.27. The van der Waals surface area contributed by atoms with E-state index in [1.54, 1.807) is 0 Å². The van der Waals surface area contributed by atoms with Crippen LogP contribution in [0.2, 0.25) is 0 Å². The van der Waals surface area contributed by atoms with E-state index in [9.17, 15) is 22.0 Å². The second-order valence-corrected chi connectivity index (χ2v) is 7.78. The van der Waals surface area contributed by atoms with E-state index < -0.39 is 33.6 Å². The topological polar surface area (TPSA) is 87.3 Å². The highest BCUT2D eigenvalue weighted by Gasteiger charge is 2.30. The van der Waals surface area contributed by atoms with E-state index >= 15 is 0 Å². The molecule has 3 N–H and O–H groups in total. The molecule has 0 bridgehead atoms. The van der Waals surface area contributed by atoms with Gasteiger partial charge in [-0.1, -0.05) is 6.07 Å². The molecule has 1 amide bonds. The minimum absolute atomic E-state index is 0.185. The fourth-order valence-corrected chi connectivity index (χ4v) is 3.58. The van der Waals surface area contributed by atoms with Gasteiger partial charge in [-0.25, -0.2) is 21.9 Å². The molecule has 0 saturated carbocycles. The zero-order valence-electron chi connectivity index (χ0n) is 13.5. The minimum atomic E-state index is -3.50. The third-order valence-corrected chi connectivity index (χ3v) is 4.75. The minimum Gasteiger partial charge on any atom is -0.350 e. The Morgan fingerprint density at radius 2 is 2.04 bits per heavy atom. The summed E-state index contributed by atoms with van der Waals surface area (Å²) in [4.78, 5) is 12.2. The van der Waals surface area contributed by atoms with Gasteiger partial charge in [0.05, 0.1) is 12.3 Å². The first kappa shape index (κ1) is 18.8. The van der Waals surface area contributed by atoms with Gasteiger partial charge in [-0.15, -0.1) is 0 Å². The highest BCUT2D eigenvalue weighted by atomic mass is 32.2. The van der Waals surface area contributed by atoms with Crippen LogP contribution < -0.4 is 15.4 Å². The number of rotatable bonds is 5. The summed E-state index contributed by atoms with van der Waals surface area (Å²) in [5, 5.41) is 5.91. The van der Waals surface area contributed by atoms with Crippen LogP contribution in [0.15, 0.2) is 18.2 Å². The maximum Gasteiger partial charge on any atom is 0.238 e. The summed E-state index contributed by atoms with van der Waals surface area (Å²) < 4.78 is 51.2. The molecule has 0 spiro atoms. The molecule has 1 aliphatic heterocycles. The zero-order chi connectivity index (χ0) is 17.9. The van der Waals surface area contributed by atoms with Crippen LogP contribution in [0.4, 0.5) is 8.78 Å². The van der Waals surface area contributed by atoms with Gasteiger partial charge in [0, 0.05) is 18.5 Å². The maximum atomic E-state index is 13.5. The summed E-state index contributed by atoms with van der Waals surface area (Å²) in [6.45, 7) is 2.59. The number of hydrogen-bond donors (Lipinski definition) is 3. The van der Waals surface area contributed by atoms with Crippen LogP contribution in [0, 0.1) is 11.6 Å². The number of sulfonamides is 1. The van der Waals surface area contributed by atoms with Crippen LogP contribution in [-0.4, -0.2) is 45.8 Å². The molecule has 1 aromatic carbocycles. The van der Waals surface area contributed by atoms with Gasteiger partial charge in [0.15, 0.2) is 11.6 Å². The van der Waals surface area contributed by atoms with Crippen molar-refractivity contribution in [1.82, 2.24) is 15.4 Å². The maximum absolute atomic E-state index is 13.5. The van der Waals surface area contributed by atoms with Gasteiger partial charge in [-0.3, -0.25) is 4.79 Å². The Hall–Kier alpha value is -1.58. The lowest BCUT2D eigenvalue weighted by molar-refractivity contribution is -0.123. The monoisotopic (exact) mass is 361 g/mol. The molecule has 134 valence electrons. The van der Waals surface area contributed by atoms with E-state index in [0.29, 0.717) is 25.1 Å². The van der Waals surface area contributed by atoms with Crippen LogP contribution in [0.5, 0.6) is 0 Å². The number of carbonyl (C=O) groups is 1. The lowest BCUT2D eigenvalue weighted by Gasteiger charge is -2.34. The molecule has 2 rings (SSSR count). The van der Waals surface area contributed by atoms with E-state index in [2.05, 4.69) is 15.4 Å². The van der Waals surface area contributed by atoms with E-state index in [1.165, 1.54) is 13.0 Å². The van der Waals surface area contributed by atoms with E-state index in [4.69, 9.17) is 0 Å². The largest absolute Gasteiger partial charge is 0.350 e. The van der Waals surface area contributed by atoms with E-state index in [0.717, 1.165) is 18.4 Å². The van der Waals surface area contributed by atoms with Crippen molar-refractivity contribution in [3.8, 4) is 0 Å². The predicted octanol–water partition coefficient (Wildman–Crippen LogP) is 0.464. The summed E-state index contributed by atoms with van der Waals surface area (Å²) in [7, 11) is -3.50. The molecule has 9 heteroatoms. The van der Waals surface area contributed by atoms with Crippen molar-refractivity contribution in [2.45, 2.75) is 31.3 Å². The average molecular weight is 361 g/mol. The normalized spacial score (nSPS) is 22.8. The van der Waals surface area contributed by atoms with Crippen LogP contribution in [0.3, 0.4) is 0 Å². The van der Waals surface area contributed by atoms with Gasteiger partial charge in [0.1, 0.15) is 0 Å². The SMILES string of the molecule is CC(NS(C)(=O)=O)C(=O)NC1CNCCC1c1ccc(F)c(F)c1. The standard InChI is InChI=1S/C15H21F2N3O3S/c1-9(20-24(2,22)23)15(21)19-14-8-18-6-5-11(14)10-3-4-12(16)13(17)7-10/h3-4,7,9,11,14,18,20H,5-6,8H2,1-2H3,(H,19,21). The number of halogens is 2. The molecule has 3 atom stereocenters. The molecule has 0 radical (unpaired) electrons. The van der Waals surface area contributed by atoms with Crippen molar-refractivity contribution in [1.29, 1.82) is 0 Å².